The average Bonchev–Trinajstić information content (AvgIpc) is 2.30. The summed E-state index contributed by atoms with van der Waals surface area (Å²) < 4.78 is 11.8. The van der Waals surface area contributed by atoms with Gasteiger partial charge in [0.1, 0.15) is 5.25 Å². The smallest absolute Gasteiger partial charge is 0.335 e. The van der Waals surface area contributed by atoms with Gasteiger partial charge in [0.15, 0.2) is 0 Å². The van der Waals surface area contributed by atoms with Crippen LogP contribution in [0.15, 0.2) is 29.2 Å². The van der Waals surface area contributed by atoms with Gasteiger partial charge in [-0.2, -0.15) is 5.26 Å². The number of carbonyl (C=O) groups is 1. The predicted molar refractivity (Wildman–Crippen MR) is 59.5 cm³/mol. The number of carboxylic acids is 1. The van der Waals surface area contributed by atoms with Crippen LogP contribution >= 0.6 is 0 Å². The molecule has 0 amide bonds. The van der Waals surface area contributed by atoms with E-state index in [1.54, 1.807) is 6.92 Å². The van der Waals surface area contributed by atoms with Crippen LogP contribution < -0.4 is 0 Å². The van der Waals surface area contributed by atoms with E-state index in [1.807, 2.05) is 6.07 Å². The molecule has 0 saturated carbocycles. The molecule has 4 nitrogen and oxygen atoms in total. The van der Waals surface area contributed by atoms with Gasteiger partial charge < -0.3 is 5.11 Å². The summed E-state index contributed by atoms with van der Waals surface area (Å²) in [5.41, 5.74) is 0.144. The molecule has 2 atom stereocenters. The van der Waals surface area contributed by atoms with Gasteiger partial charge in [-0.3, -0.25) is 4.21 Å². The number of nitriles is 1. The number of carboxylic acid groups (broad SMARTS) is 1. The molecule has 0 aliphatic heterocycles. The monoisotopic (exact) mass is 237 g/mol. The van der Waals surface area contributed by atoms with Crippen LogP contribution in [0.2, 0.25) is 0 Å². The average molecular weight is 237 g/mol. The van der Waals surface area contributed by atoms with Gasteiger partial charge in [0, 0.05) is 4.90 Å². The highest BCUT2D eigenvalue weighted by Crippen LogP contribution is 2.14. The first kappa shape index (κ1) is 12.4. The summed E-state index contributed by atoms with van der Waals surface area (Å²) in [5.74, 6) is -1.02. The Kier molecular flexibility index (Phi) is 4.20. The van der Waals surface area contributed by atoms with Gasteiger partial charge in [0.05, 0.1) is 22.4 Å². The third-order valence-corrected chi connectivity index (χ3v) is 3.80. The minimum absolute atomic E-state index is 0.144. The molecule has 0 radical (unpaired) electrons. The molecule has 84 valence electrons. The number of hydrogen-bond acceptors (Lipinski definition) is 3. The maximum absolute atomic E-state index is 11.8. The molecular formula is C11H11NO3S. The van der Waals surface area contributed by atoms with Crippen LogP contribution in [0.1, 0.15) is 23.7 Å². The fraction of sp³-hybridized carbons (Fsp3) is 0.273. The van der Waals surface area contributed by atoms with Gasteiger partial charge in [0.25, 0.3) is 0 Å². The lowest BCUT2D eigenvalue weighted by atomic mass is 10.2. The van der Waals surface area contributed by atoms with Crippen molar-refractivity contribution in [2.24, 2.45) is 0 Å². The van der Waals surface area contributed by atoms with Gasteiger partial charge in [-0.1, -0.05) is 6.92 Å². The molecule has 0 saturated heterocycles. The summed E-state index contributed by atoms with van der Waals surface area (Å²) >= 11 is 0. The highest BCUT2D eigenvalue weighted by Gasteiger charge is 2.15. The third-order valence-electron chi connectivity index (χ3n) is 2.11. The standard InChI is InChI=1S/C11H11NO3S/c1-2-9(7-12)16(15)10-5-3-8(4-6-10)11(13)14/h3-6,9H,2H2,1H3,(H,13,14). The van der Waals surface area contributed by atoms with E-state index in [9.17, 15) is 9.00 Å². The minimum atomic E-state index is -1.40. The Hall–Kier alpha value is -1.67. The second-order valence-corrected chi connectivity index (χ2v) is 4.79. The van der Waals surface area contributed by atoms with Crippen molar-refractivity contribution in [2.75, 3.05) is 0 Å². The lowest BCUT2D eigenvalue weighted by Crippen LogP contribution is -2.11. The van der Waals surface area contributed by atoms with E-state index in [4.69, 9.17) is 10.4 Å². The number of rotatable bonds is 4. The summed E-state index contributed by atoms with van der Waals surface area (Å²) in [7, 11) is -1.40. The topological polar surface area (TPSA) is 78.2 Å². The Morgan fingerprint density at radius 2 is 2.06 bits per heavy atom. The summed E-state index contributed by atoms with van der Waals surface area (Å²) in [6.07, 6.45) is 0.504. The quantitative estimate of drug-likeness (QED) is 0.866. The van der Waals surface area contributed by atoms with Crippen LogP contribution in [0.25, 0.3) is 0 Å². The second-order valence-electron chi connectivity index (χ2n) is 3.15. The van der Waals surface area contributed by atoms with Crippen molar-refractivity contribution in [3.63, 3.8) is 0 Å². The van der Waals surface area contributed by atoms with Crippen molar-refractivity contribution in [1.29, 1.82) is 5.26 Å². The van der Waals surface area contributed by atoms with E-state index in [1.165, 1.54) is 24.3 Å². The molecule has 1 N–H and O–H groups in total. The Balaban J connectivity index is 2.94. The lowest BCUT2D eigenvalue weighted by molar-refractivity contribution is 0.0697. The zero-order valence-electron chi connectivity index (χ0n) is 8.71. The van der Waals surface area contributed by atoms with Crippen LogP contribution in [-0.4, -0.2) is 20.5 Å². The van der Waals surface area contributed by atoms with Crippen molar-refractivity contribution >= 4 is 16.8 Å². The molecule has 16 heavy (non-hydrogen) atoms. The molecular weight excluding hydrogens is 226 g/mol. The number of aromatic carboxylic acids is 1. The zero-order chi connectivity index (χ0) is 12.1. The van der Waals surface area contributed by atoms with Gasteiger partial charge >= 0.3 is 5.97 Å². The normalized spacial score (nSPS) is 13.8. The largest absolute Gasteiger partial charge is 0.478 e. The van der Waals surface area contributed by atoms with Gasteiger partial charge in [0.2, 0.25) is 0 Å². The molecule has 0 spiro atoms. The molecule has 5 heteroatoms. The van der Waals surface area contributed by atoms with Gasteiger partial charge in [-0.05, 0) is 30.7 Å². The zero-order valence-corrected chi connectivity index (χ0v) is 9.53. The molecule has 0 aromatic heterocycles. The van der Waals surface area contributed by atoms with E-state index < -0.39 is 22.0 Å². The first-order valence-electron chi connectivity index (χ1n) is 4.73. The van der Waals surface area contributed by atoms with Crippen molar-refractivity contribution in [1.82, 2.24) is 0 Å². The predicted octanol–water partition coefficient (Wildman–Crippen LogP) is 1.79. The highest BCUT2D eigenvalue weighted by molar-refractivity contribution is 7.86. The molecule has 0 aliphatic carbocycles. The van der Waals surface area contributed by atoms with E-state index in [2.05, 4.69) is 0 Å². The molecule has 0 aliphatic rings. The van der Waals surface area contributed by atoms with E-state index in [0.29, 0.717) is 11.3 Å². The molecule has 0 fully saturated rings. The van der Waals surface area contributed by atoms with E-state index >= 15 is 0 Å². The summed E-state index contributed by atoms with van der Waals surface area (Å²) in [5, 5.41) is 16.9. The molecule has 0 heterocycles. The Bertz CT molecular complexity index is 447. The molecule has 1 aromatic carbocycles. The fourth-order valence-corrected chi connectivity index (χ4v) is 2.32. The Morgan fingerprint density at radius 3 is 2.44 bits per heavy atom. The van der Waals surface area contributed by atoms with Crippen LogP contribution in [0.4, 0.5) is 0 Å². The van der Waals surface area contributed by atoms with Crippen LogP contribution in [0.5, 0.6) is 0 Å². The molecule has 1 aromatic rings. The SMILES string of the molecule is CCC(C#N)S(=O)c1ccc(C(=O)O)cc1. The minimum Gasteiger partial charge on any atom is -0.478 e. The number of hydrogen-bond donors (Lipinski definition) is 1. The number of benzene rings is 1. The van der Waals surface area contributed by atoms with Gasteiger partial charge in [-0.25, -0.2) is 4.79 Å². The summed E-state index contributed by atoms with van der Waals surface area (Å²) in [6.45, 7) is 1.79. The summed E-state index contributed by atoms with van der Waals surface area (Å²) in [4.78, 5) is 11.1. The third kappa shape index (κ3) is 2.67. The first-order valence-corrected chi connectivity index (χ1v) is 5.95. The van der Waals surface area contributed by atoms with Crippen molar-refractivity contribution in [3.05, 3.63) is 29.8 Å². The first-order chi connectivity index (χ1) is 7.60. The lowest BCUT2D eigenvalue weighted by Gasteiger charge is -2.06. The molecule has 1 rings (SSSR count). The molecule has 2 unspecified atom stereocenters. The van der Waals surface area contributed by atoms with Crippen LogP contribution in [-0.2, 0) is 10.8 Å². The van der Waals surface area contributed by atoms with Crippen LogP contribution in [0.3, 0.4) is 0 Å². The second kappa shape index (κ2) is 5.42. The van der Waals surface area contributed by atoms with Gasteiger partial charge in [-0.15, -0.1) is 0 Å². The summed E-state index contributed by atoms with van der Waals surface area (Å²) in [6, 6.07) is 7.72. The maximum Gasteiger partial charge on any atom is 0.335 e. The Morgan fingerprint density at radius 1 is 1.50 bits per heavy atom. The number of nitrogens with zero attached hydrogens (tertiary/aromatic N) is 1. The van der Waals surface area contributed by atoms with Crippen LogP contribution in [0, 0.1) is 11.3 Å². The molecule has 0 bridgehead atoms. The van der Waals surface area contributed by atoms with Crippen molar-refractivity contribution in [3.8, 4) is 6.07 Å². The Labute approximate surface area is 96.0 Å². The van der Waals surface area contributed by atoms with Crippen molar-refractivity contribution in [2.45, 2.75) is 23.5 Å². The highest BCUT2D eigenvalue weighted by atomic mass is 32.2. The van der Waals surface area contributed by atoms with E-state index in [-0.39, 0.29) is 5.56 Å². The fourth-order valence-electron chi connectivity index (χ4n) is 1.19. The van der Waals surface area contributed by atoms with Crippen molar-refractivity contribution < 1.29 is 14.1 Å². The maximum atomic E-state index is 11.8. The van der Waals surface area contributed by atoms with E-state index in [0.717, 1.165) is 0 Å².